The molecular weight excluding hydrogens is 336 g/mol. The van der Waals surface area contributed by atoms with Crippen LogP contribution >= 0.6 is 0 Å². The molecule has 0 aliphatic carbocycles. The van der Waals surface area contributed by atoms with Crippen LogP contribution in [0.3, 0.4) is 0 Å². The number of carbonyl (C=O) groups excluding carboxylic acids is 1. The number of rotatable bonds is 4. The molecule has 0 unspecified atom stereocenters. The molecular formula is C22H20N4O. The quantitative estimate of drug-likeness (QED) is 0.443. The Kier molecular flexibility index (Phi) is 4.42. The number of aromatic nitrogens is 2. The Morgan fingerprint density at radius 3 is 2.63 bits per heavy atom. The molecule has 5 heteroatoms. The van der Waals surface area contributed by atoms with Gasteiger partial charge >= 0.3 is 0 Å². The molecule has 1 heterocycles. The Labute approximate surface area is 157 Å². The predicted molar refractivity (Wildman–Crippen MR) is 109 cm³/mol. The zero-order valence-electron chi connectivity index (χ0n) is 15.3. The van der Waals surface area contributed by atoms with Gasteiger partial charge in [0.05, 0.1) is 16.7 Å². The standard InChI is InChI=1S/C22H20N4O/c1-15(18-12-11-17-7-3-4-8-19(17)13-18)24-25-22(27)14-26-16(2)23-20-9-5-6-10-21(20)26/h3-13H,14H2,1-2H3,(H,25,27)/b24-15-. The minimum atomic E-state index is -0.179. The van der Waals surface area contributed by atoms with Gasteiger partial charge in [0.2, 0.25) is 0 Å². The van der Waals surface area contributed by atoms with Crippen LogP contribution in [0.2, 0.25) is 0 Å². The fourth-order valence-electron chi connectivity index (χ4n) is 3.20. The largest absolute Gasteiger partial charge is 0.319 e. The Morgan fingerprint density at radius 1 is 1.04 bits per heavy atom. The van der Waals surface area contributed by atoms with E-state index in [1.54, 1.807) is 0 Å². The highest BCUT2D eigenvalue weighted by Gasteiger charge is 2.10. The second-order valence-electron chi connectivity index (χ2n) is 6.53. The zero-order valence-corrected chi connectivity index (χ0v) is 15.3. The van der Waals surface area contributed by atoms with E-state index >= 15 is 0 Å². The maximum Gasteiger partial charge on any atom is 0.260 e. The van der Waals surface area contributed by atoms with E-state index in [0.29, 0.717) is 0 Å². The van der Waals surface area contributed by atoms with Gasteiger partial charge in [-0.2, -0.15) is 5.10 Å². The lowest BCUT2D eigenvalue weighted by Gasteiger charge is -2.07. The number of benzene rings is 3. The lowest BCUT2D eigenvalue weighted by Crippen LogP contribution is -2.24. The lowest BCUT2D eigenvalue weighted by atomic mass is 10.0. The second-order valence-corrected chi connectivity index (χ2v) is 6.53. The summed E-state index contributed by atoms with van der Waals surface area (Å²) < 4.78 is 1.89. The van der Waals surface area contributed by atoms with Crippen molar-refractivity contribution >= 4 is 33.4 Å². The lowest BCUT2D eigenvalue weighted by molar-refractivity contribution is -0.121. The van der Waals surface area contributed by atoms with Gasteiger partial charge in [0.15, 0.2) is 0 Å². The van der Waals surface area contributed by atoms with E-state index in [-0.39, 0.29) is 12.5 Å². The van der Waals surface area contributed by atoms with Gasteiger partial charge < -0.3 is 4.57 Å². The van der Waals surface area contributed by atoms with Crippen molar-refractivity contribution in [3.63, 3.8) is 0 Å². The number of aryl methyl sites for hydroxylation is 1. The first-order valence-corrected chi connectivity index (χ1v) is 8.86. The number of hydrogen-bond acceptors (Lipinski definition) is 3. The summed E-state index contributed by atoms with van der Waals surface area (Å²) in [5.74, 6) is 0.628. The van der Waals surface area contributed by atoms with E-state index in [9.17, 15) is 4.79 Å². The molecule has 134 valence electrons. The van der Waals surface area contributed by atoms with Crippen molar-refractivity contribution in [1.29, 1.82) is 0 Å². The van der Waals surface area contributed by atoms with Gasteiger partial charge in [0.1, 0.15) is 12.4 Å². The first-order chi connectivity index (χ1) is 13.1. The van der Waals surface area contributed by atoms with Crippen molar-refractivity contribution in [2.24, 2.45) is 5.10 Å². The number of para-hydroxylation sites is 2. The summed E-state index contributed by atoms with van der Waals surface area (Å²) in [6.45, 7) is 3.97. The maximum atomic E-state index is 12.4. The minimum absolute atomic E-state index is 0.179. The average Bonchev–Trinajstić information content (AvgIpc) is 3.01. The second kappa shape index (κ2) is 7.03. The Bertz CT molecular complexity index is 1170. The van der Waals surface area contributed by atoms with Gasteiger partial charge in [0, 0.05) is 0 Å². The minimum Gasteiger partial charge on any atom is -0.319 e. The van der Waals surface area contributed by atoms with Crippen LogP contribution in [0.15, 0.2) is 71.8 Å². The number of nitrogens with zero attached hydrogens (tertiary/aromatic N) is 3. The molecule has 0 radical (unpaired) electrons. The summed E-state index contributed by atoms with van der Waals surface area (Å²) in [7, 11) is 0. The number of hydrazone groups is 1. The number of amides is 1. The third-order valence-corrected chi connectivity index (χ3v) is 4.66. The van der Waals surface area contributed by atoms with Crippen LogP contribution in [0.1, 0.15) is 18.3 Å². The molecule has 0 saturated carbocycles. The number of nitrogens with one attached hydrogen (secondary N) is 1. The molecule has 5 nitrogen and oxygen atoms in total. The van der Waals surface area contributed by atoms with Crippen LogP contribution in [0, 0.1) is 6.92 Å². The van der Waals surface area contributed by atoms with Gasteiger partial charge in [0.25, 0.3) is 5.91 Å². The Balaban J connectivity index is 1.51. The first-order valence-electron chi connectivity index (χ1n) is 8.86. The Morgan fingerprint density at radius 2 is 1.78 bits per heavy atom. The highest BCUT2D eigenvalue weighted by Crippen LogP contribution is 2.17. The molecule has 1 N–H and O–H groups in total. The molecule has 1 amide bonds. The molecule has 4 rings (SSSR count). The van der Waals surface area contributed by atoms with Crippen LogP contribution in [-0.2, 0) is 11.3 Å². The van der Waals surface area contributed by atoms with Gasteiger partial charge in [-0.25, -0.2) is 10.4 Å². The summed E-state index contributed by atoms with van der Waals surface area (Å²) in [6, 6.07) is 22.1. The summed E-state index contributed by atoms with van der Waals surface area (Å²) in [5, 5.41) is 6.61. The Hall–Kier alpha value is -3.47. The van der Waals surface area contributed by atoms with Crippen molar-refractivity contribution in [2.75, 3.05) is 0 Å². The van der Waals surface area contributed by atoms with Crippen LogP contribution in [0.4, 0.5) is 0 Å². The van der Waals surface area contributed by atoms with Crippen molar-refractivity contribution in [1.82, 2.24) is 15.0 Å². The van der Waals surface area contributed by atoms with E-state index in [1.807, 2.05) is 60.9 Å². The number of hydrogen-bond donors (Lipinski definition) is 1. The van der Waals surface area contributed by atoms with E-state index in [1.165, 1.54) is 5.39 Å². The van der Waals surface area contributed by atoms with Crippen molar-refractivity contribution in [3.05, 3.63) is 78.1 Å². The summed E-state index contributed by atoms with van der Waals surface area (Å²) in [5.41, 5.74) is 6.24. The van der Waals surface area contributed by atoms with Crippen molar-refractivity contribution in [3.8, 4) is 0 Å². The predicted octanol–water partition coefficient (Wildman–Crippen LogP) is 4.04. The summed E-state index contributed by atoms with van der Waals surface area (Å²) >= 11 is 0. The normalized spacial score (nSPS) is 11.9. The van der Waals surface area contributed by atoms with Crippen LogP contribution in [0.25, 0.3) is 21.8 Å². The third-order valence-electron chi connectivity index (χ3n) is 4.66. The highest BCUT2D eigenvalue weighted by molar-refractivity contribution is 6.02. The smallest absolute Gasteiger partial charge is 0.260 e. The van der Waals surface area contributed by atoms with E-state index < -0.39 is 0 Å². The molecule has 0 bridgehead atoms. The van der Waals surface area contributed by atoms with Crippen LogP contribution in [0.5, 0.6) is 0 Å². The molecule has 0 aliphatic heterocycles. The fourth-order valence-corrected chi connectivity index (χ4v) is 3.20. The molecule has 3 aromatic carbocycles. The number of carbonyl (C=O) groups is 1. The van der Waals surface area contributed by atoms with Crippen LogP contribution < -0.4 is 5.43 Å². The summed E-state index contributed by atoms with van der Waals surface area (Å²) in [6.07, 6.45) is 0. The molecule has 0 saturated heterocycles. The van der Waals surface area contributed by atoms with E-state index in [4.69, 9.17) is 0 Å². The zero-order chi connectivity index (χ0) is 18.8. The fraction of sp³-hybridized carbons (Fsp3) is 0.136. The van der Waals surface area contributed by atoms with Crippen molar-refractivity contribution in [2.45, 2.75) is 20.4 Å². The molecule has 0 fully saturated rings. The van der Waals surface area contributed by atoms with E-state index in [2.05, 4.69) is 39.8 Å². The van der Waals surface area contributed by atoms with Gasteiger partial charge in [-0.05, 0) is 48.4 Å². The molecule has 0 atom stereocenters. The number of fused-ring (bicyclic) bond motifs is 2. The van der Waals surface area contributed by atoms with Gasteiger partial charge in [-0.1, -0.05) is 48.5 Å². The topological polar surface area (TPSA) is 59.3 Å². The molecule has 1 aromatic heterocycles. The maximum absolute atomic E-state index is 12.4. The average molecular weight is 356 g/mol. The molecule has 27 heavy (non-hydrogen) atoms. The molecule has 0 aliphatic rings. The first kappa shape index (κ1) is 17.0. The SMILES string of the molecule is C/C(=N/NC(=O)Cn1c(C)nc2ccccc21)c1ccc2ccccc2c1. The summed E-state index contributed by atoms with van der Waals surface area (Å²) in [4.78, 5) is 16.9. The van der Waals surface area contributed by atoms with Crippen molar-refractivity contribution < 1.29 is 4.79 Å². The van der Waals surface area contributed by atoms with Gasteiger partial charge in [-0.3, -0.25) is 4.79 Å². The highest BCUT2D eigenvalue weighted by atomic mass is 16.2. The van der Waals surface area contributed by atoms with E-state index in [0.717, 1.165) is 33.5 Å². The van der Waals surface area contributed by atoms with Gasteiger partial charge in [-0.15, -0.1) is 0 Å². The third kappa shape index (κ3) is 3.44. The molecule has 0 spiro atoms. The molecule has 4 aromatic rings. The monoisotopic (exact) mass is 356 g/mol. The van der Waals surface area contributed by atoms with Crippen LogP contribution in [-0.4, -0.2) is 21.2 Å². The number of imidazole rings is 1.